The van der Waals surface area contributed by atoms with Crippen molar-refractivity contribution in [1.29, 1.82) is 0 Å². The van der Waals surface area contributed by atoms with Gasteiger partial charge in [0.2, 0.25) is 0 Å². The van der Waals surface area contributed by atoms with Crippen LogP contribution in [0.2, 0.25) is 0 Å². The second-order valence-corrected chi connectivity index (χ2v) is 5.33. The highest BCUT2D eigenvalue weighted by atomic mass is 19.3. The molecule has 0 unspecified atom stereocenters. The molecule has 2 heterocycles. The van der Waals surface area contributed by atoms with Crippen molar-refractivity contribution in [3.63, 3.8) is 0 Å². The molecule has 102 valence electrons. The molecule has 0 aliphatic carbocycles. The first-order valence-corrected chi connectivity index (χ1v) is 6.60. The normalized spacial score (nSPS) is 20.5. The van der Waals surface area contributed by atoms with Crippen LogP contribution in [0.1, 0.15) is 38.3 Å². The molecular formula is C13H21F2N3. The van der Waals surface area contributed by atoms with E-state index in [4.69, 9.17) is 0 Å². The number of hydrogen-bond acceptors (Lipinski definition) is 2. The molecule has 1 aliphatic rings. The van der Waals surface area contributed by atoms with Gasteiger partial charge in [0.1, 0.15) is 0 Å². The largest absolute Gasteiger partial charge is 0.301 e. The summed E-state index contributed by atoms with van der Waals surface area (Å²) in [5, 5.41) is 4.29. The van der Waals surface area contributed by atoms with Crippen molar-refractivity contribution in [3.8, 4) is 0 Å². The van der Waals surface area contributed by atoms with Crippen LogP contribution in [0.3, 0.4) is 0 Å². The molecule has 1 aliphatic heterocycles. The zero-order chi connectivity index (χ0) is 13.2. The van der Waals surface area contributed by atoms with E-state index in [2.05, 4.69) is 23.8 Å². The first-order chi connectivity index (χ1) is 8.48. The molecule has 1 fully saturated rings. The maximum absolute atomic E-state index is 13.0. The van der Waals surface area contributed by atoms with Crippen molar-refractivity contribution >= 4 is 0 Å². The van der Waals surface area contributed by atoms with Crippen molar-refractivity contribution in [1.82, 2.24) is 14.7 Å². The first-order valence-electron chi connectivity index (χ1n) is 6.60. The SMILES string of the molecule is CC(C)c1ccnn1CCN1CCC(F)(F)CC1. The second kappa shape index (κ2) is 5.34. The maximum Gasteiger partial charge on any atom is 0.250 e. The monoisotopic (exact) mass is 257 g/mol. The van der Waals surface area contributed by atoms with Crippen LogP contribution in [-0.4, -0.2) is 40.2 Å². The lowest BCUT2D eigenvalue weighted by Gasteiger charge is -2.31. The molecule has 5 heteroatoms. The van der Waals surface area contributed by atoms with Crippen molar-refractivity contribution in [2.75, 3.05) is 19.6 Å². The summed E-state index contributed by atoms with van der Waals surface area (Å²) in [5.41, 5.74) is 1.21. The Morgan fingerprint density at radius 3 is 2.56 bits per heavy atom. The van der Waals surface area contributed by atoms with E-state index in [-0.39, 0.29) is 12.8 Å². The van der Waals surface area contributed by atoms with E-state index < -0.39 is 5.92 Å². The minimum atomic E-state index is -2.45. The van der Waals surface area contributed by atoms with E-state index in [9.17, 15) is 8.78 Å². The second-order valence-electron chi connectivity index (χ2n) is 5.33. The third-order valence-electron chi connectivity index (χ3n) is 3.56. The van der Waals surface area contributed by atoms with Gasteiger partial charge in [0, 0.05) is 44.4 Å². The summed E-state index contributed by atoms with van der Waals surface area (Å²) >= 11 is 0. The lowest BCUT2D eigenvalue weighted by Crippen LogP contribution is -2.40. The first kappa shape index (κ1) is 13.5. The third-order valence-corrected chi connectivity index (χ3v) is 3.56. The molecule has 0 bridgehead atoms. The molecule has 1 aromatic rings. The van der Waals surface area contributed by atoms with Crippen molar-refractivity contribution in [2.45, 2.75) is 45.1 Å². The molecule has 0 amide bonds. The average Bonchev–Trinajstić information content (AvgIpc) is 2.76. The molecule has 1 aromatic heterocycles. The van der Waals surface area contributed by atoms with Crippen molar-refractivity contribution < 1.29 is 8.78 Å². The molecule has 0 spiro atoms. The smallest absolute Gasteiger partial charge is 0.250 e. The summed E-state index contributed by atoms with van der Waals surface area (Å²) in [6.07, 6.45) is 1.78. The van der Waals surface area contributed by atoms with Crippen LogP contribution in [0.4, 0.5) is 8.78 Å². The maximum atomic E-state index is 13.0. The van der Waals surface area contributed by atoms with Crippen molar-refractivity contribution in [2.24, 2.45) is 0 Å². The standard InChI is InChI=1S/C13H21F2N3/c1-11(2)12-3-6-16-18(12)10-9-17-7-4-13(14,15)5-8-17/h3,6,11H,4-5,7-10H2,1-2H3. The number of piperidine rings is 1. The van der Waals surface area contributed by atoms with E-state index in [1.54, 1.807) is 6.20 Å². The summed E-state index contributed by atoms with van der Waals surface area (Å²) in [6.45, 7) is 6.84. The van der Waals surface area contributed by atoms with Gasteiger partial charge in [-0.25, -0.2) is 8.78 Å². The molecule has 18 heavy (non-hydrogen) atoms. The van der Waals surface area contributed by atoms with E-state index >= 15 is 0 Å². The highest BCUT2D eigenvalue weighted by Gasteiger charge is 2.33. The lowest BCUT2D eigenvalue weighted by molar-refractivity contribution is -0.0555. The minimum Gasteiger partial charge on any atom is -0.301 e. The summed E-state index contributed by atoms with van der Waals surface area (Å²) in [7, 11) is 0. The van der Waals surface area contributed by atoms with Gasteiger partial charge in [0.05, 0.1) is 6.54 Å². The third kappa shape index (κ3) is 3.28. The number of likely N-dealkylation sites (tertiary alicyclic amines) is 1. The number of hydrogen-bond donors (Lipinski definition) is 0. The number of alkyl halides is 2. The number of nitrogens with zero attached hydrogens (tertiary/aromatic N) is 3. The topological polar surface area (TPSA) is 21.1 Å². The molecule has 0 atom stereocenters. The van der Waals surface area contributed by atoms with Gasteiger partial charge in [-0.1, -0.05) is 13.8 Å². The molecule has 1 saturated heterocycles. The quantitative estimate of drug-likeness (QED) is 0.827. The Kier molecular flexibility index (Phi) is 4.00. The molecule has 3 nitrogen and oxygen atoms in total. The fourth-order valence-electron chi connectivity index (χ4n) is 2.36. The lowest BCUT2D eigenvalue weighted by atomic mass is 10.1. The van der Waals surface area contributed by atoms with E-state index in [0.29, 0.717) is 19.0 Å². The van der Waals surface area contributed by atoms with Crippen LogP contribution in [0.25, 0.3) is 0 Å². The van der Waals surface area contributed by atoms with E-state index in [1.807, 2.05) is 10.7 Å². The van der Waals surface area contributed by atoms with Crippen LogP contribution < -0.4 is 0 Å². The number of aromatic nitrogens is 2. The Balaban J connectivity index is 1.83. The fourth-order valence-corrected chi connectivity index (χ4v) is 2.36. The summed E-state index contributed by atoms with van der Waals surface area (Å²) in [6, 6.07) is 2.02. The van der Waals surface area contributed by atoms with Crippen LogP contribution in [0.15, 0.2) is 12.3 Å². The summed E-state index contributed by atoms with van der Waals surface area (Å²) in [4.78, 5) is 2.10. The molecule has 0 aromatic carbocycles. The van der Waals surface area contributed by atoms with Gasteiger partial charge in [-0.15, -0.1) is 0 Å². The molecule has 0 N–H and O–H groups in total. The van der Waals surface area contributed by atoms with Gasteiger partial charge in [0.25, 0.3) is 5.92 Å². The van der Waals surface area contributed by atoms with Gasteiger partial charge in [-0.2, -0.15) is 5.10 Å². The van der Waals surface area contributed by atoms with Crippen molar-refractivity contribution in [3.05, 3.63) is 18.0 Å². The molecule has 0 radical (unpaired) electrons. The number of rotatable bonds is 4. The predicted molar refractivity (Wildman–Crippen MR) is 66.9 cm³/mol. The predicted octanol–water partition coefficient (Wildman–Crippen LogP) is 2.74. The van der Waals surface area contributed by atoms with Gasteiger partial charge < -0.3 is 4.90 Å². The highest BCUT2D eigenvalue weighted by molar-refractivity contribution is 5.05. The molecule has 0 saturated carbocycles. The van der Waals surface area contributed by atoms with E-state index in [0.717, 1.165) is 13.1 Å². The Morgan fingerprint density at radius 1 is 1.28 bits per heavy atom. The Labute approximate surface area is 107 Å². The summed E-state index contributed by atoms with van der Waals surface area (Å²) < 4.78 is 28.0. The number of halogens is 2. The zero-order valence-corrected chi connectivity index (χ0v) is 11.1. The van der Waals surface area contributed by atoms with Gasteiger partial charge in [0.15, 0.2) is 0 Å². The van der Waals surface area contributed by atoms with Crippen LogP contribution >= 0.6 is 0 Å². The molecule has 2 rings (SSSR count). The molecular weight excluding hydrogens is 236 g/mol. The minimum absolute atomic E-state index is 0.0108. The fraction of sp³-hybridized carbons (Fsp3) is 0.769. The van der Waals surface area contributed by atoms with E-state index in [1.165, 1.54) is 5.69 Å². The van der Waals surface area contributed by atoms with Gasteiger partial charge in [-0.05, 0) is 12.0 Å². The van der Waals surface area contributed by atoms with Gasteiger partial charge >= 0.3 is 0 Å². The Morgan fingerprint density at radius 2 is 1.94 bits per heavy atom. The van der Waals surface area contributed by atoms with Gasteiger partial charge in [-0.3, -0.25) is 4.68 Å². The van der Waals surface area contributed by atoms with Crippen LogP contribution in [0, 0.1) is 0 Å². The highest BCUT2D eigenvalue weighted by Crippen LogP contribution is 2.27. The Bertz CT molecular complexity index is 377. The zero-order valence-electron chi connectivity index (χ0n) is 11.1. The van der Waals surface area contributed by atoms with Crippen LogP contribution in [-0.2, 0) is 6.54 Å². The Hall–Kier alpha value is -0.970. The average molecular weight is 257 g/mol. The van der Waals surface area contributed by atoms with Crippen LogP contribution in [0.5, 0.6) is 0 Å². The summed E-state index contributed by atoms with van der Waals surface area (Å²) in [5.74, 6) is -2.01.